The normalized spacial score (nSPS) is 11.0. The first kappa shape index (κ1) is 14.0. The predicted octanol–water partition coefficient (Wildman–Crippen LogP) is 0.0601. The van der Waals surface area contributed by atoms with Crippen LogP contribution in [0.4, 0.5) is 0 Å². The number of fused-ring (bicyclic) bond motifs is 1. The van der Waals surface area contributed by atoms with Gasteiger partial charge in [-0.05, 0) is 24.3 Å². The van der Waals surface area contributed by atoms with Crippen LogP contribution in [-0.4, -0.2) is 34.1 Å². The molecule has 0 amide bonds. The van der Waals surface area contributed by atoms with Crippen LogP contribution >= 0.6 is 0 Å². The topological polar surface area (TPSA) is 100 Å². The second-order valence-electron chi connectivity index (χ2n) is 5.09. The van der Waals surface area contributed by atoms with Crippen molar-refractivity contribution in [3.05, 3.63) is 69.9 Å². The zero-order valence-corrected chi connectivity index (χ0v) is 12.6. The van der Waals surface area contributed by atoms with E-state index in [1.807, 2.05) is 12.1 Å². The minimum absolute atomic E-state index is 0.314. The lowest BCUT2D eigenvalue weighted by molar-refractivity contribution is 0.646. The van der Waals surface area contributed by atoms with Crippen molar-refractivity contribution in [1.29, 1.82) is 0 Å². The van der Waals surface area contributed by atoms with E-state index in [1.54, 1.807) is 35.4 Å². The monoisotopic (exact) mass is 321 g/mol. The Bertz CT molecular complexity index is 1160. The van der Waals surface area contributed by atoms with Gasteiger partial charge in [0.2, 0.25) is 0 Å². The molecule has 0 saturated heterocycles. The molecule has 9 nitrogen and oxygen atoms in total. The number of pyridine rings is 2. The van der Waals surface area contributed by atoms with Crippen LogP contribution in [0.5, 0.6) is 0 Å². The molecule has 0 fully saturated rings. The van der Waals surface area contributed by atoms with E-state index in [9.17, 15) is 9.59 Å². The second kappa shape index (κ2) is 5.23. The van der Waals surface area contributed by atoms with E-state index in [0.29, 0.717) is 16.9 Å². The Hall–Kier alpha value is -3.62. The maximum atomic E-state index is 12.1. The van der Waals surface area contributed by atoms with Crippen molar-refractivity contribution in [3.8, 4) is 11.5 Å². The van der Waals surface area contributed by atoms with Gasteiger partial charge in [0, 0.05) is 13.2 Å². The molecule has 4 aromatic rings. The molecule has 0 unspecified atom stereocenters. The van der Waals surface area contributed by atoms with Crippen LogP contribution in [0, 0.1) is 0 Å². The van der Waals surface area contributed by atoms with Crippen molar-refractivity contribution >= 4 is 11.0 Å². The van der Waals surface area contributed by atoms with Crippen LogP contribution in [0.3, 0.4) is 0 Å². The molecule has 0 atom stereocenters. The Kier molecular flexibility index (Phi) is 3.05. The quantitative estimate of drug-likeness (QED) is 0.517. The fourth-order valence-corrected chi connectivity index (χ4v) is 2.27. The highest BCUT2D eigenvalue weighted by Crippen LogP contribution is 2.14. The van der Waals surface area contributed by atoms with Crippen LogP contribution in [0.1, 0.15) is 0 Å². The lowest BCUT2D eigenvalue weighted by Crippen LogP contribution is -2.38. The molecule has 0 bridgehead atoms. The minimum atomic E-state index is -0.561. The van der Waals surface area contributed by atoms with Crippen molar-refractivity contribution < 1.29 is 0 Å². The summed E-state index contributed by atoms with van der Waals surface area (Å²) in [6.07, 6.45) is 6.18. The molecule has 4 rings (SSSR count). The molecule has 0 N–H and O–H groups in total. The highest BCUT2D eigenvalue weighted by molar-refractivity contribution is 5.75. The Morgan fingerprint density at radius 2 is 1.92 bits per heavy atom. The summed E-state index contributed by atoms with van der Waals surface area (Å²) in [6.45, 7) is 0. The average Bonchev–Trinajstić information content (AvgIpc) is 3.04. The standard InChI is InChI=1S/C15H11N7O2/c1-20-14(23)8-17-22(15(20)24)13-5-4-11-12(18-13)9-21(19-11)10-3-2-6-16-7-10/h2-9H,1H3. The highest BCUT2D eigenvalue weighted by atomic mass is 16.2. The van der Waals surface area contributed by atoms with Gasteiger partial charge in [-0.2, -0.15) is 14.9 Å². The van der Waals surface area contributed by atoms with Gasteiger partial charge in [0.1, 0.15) is 17.2 Å². The first-order chi connectivity index (χ1) is 11.6. The van der Waals surface area contributed by atoms with Gasteiger partial charge in [0.05, 0.1) is 18.1 Å². The van der Waals surface area contributed by atoms with Crippen molar-refractivity contribution in [2.75, 3.05) is 0 Å². The molecule has 0 saturated carbocycles. The molecule has 4 heterocycles. The van der Waals surface area contributed by atoms with Crippen molar-refractivity contribution in [1.82, 2.24) is 34.1 Å². The van der Waals surface area contributed by atoms with E-state index < -0.39 is 11.2 Å². The minimum Gasteiger partial charge on any atom is -0.267 e. The molecule has 0 aliphatic rings. The van der Waals surface area contributed by atoms with Gasteiger partial charge in [-0.1, -0.05) is 0 Å². The fraction of sp³-hybridized carbons (Fsp3) is 0.0667. The second-order valence-corrected chi connectivity index (χ2v) is 5.09. The zero-order valence-electron chi connectivity index (χ0n) is 12.6. The Balaban J connectivity index is 1.86. The molecular formula is C15H11N7O2. The number of rotatable bonds is 2. The van der Waals surface area contributed by atoms with E-state index in [0.717, 1.165) is 21.1 Å². The number of hydrogen-bond acceptors (Lipinski definition) is 6. The molecule has 0 spiro atoms. The average molecular weight is 321 g/mol. The molecule has 0 aromatic carbocycles. The van der Waals surface area contributed by atoms with Gasteiger partial charge >= 0.3 is 5.69 Å². The maximum Gasteiger partial charge on any atom is 0.353 e. The van der Waals surface area contributed by atoms with Gasteiger partial charge in [-0.15, -0.1) is 0 Å². The lowest BCUT2D eigenvalue weighted by Gasteiger charge is -2.03. The van der Waals surface area contributed by atoms with Crippen LogP contribution in [0.25, 0.3) is 22.5 Å². The molecule has 4 aromatic heterocycles. The Morgan fingerprint density at radius 1 is 1.04 bits per heavy atom. The Morgan fingerprint density at radius 3 is 2.71 bits per heavy atom. The third kappa shape index (κ3) is 2.19. The SMILES string of the molecule is Cn1c(=O)cnn(-c2ccc3nn(-c4cccnc4)cc3n2)c1=O. The first-order valence-corrected chi connectivity index (χ1v) is 7.06. The maximum absolute atomic E-state index is 12.1. The third-order valence-electron chi connectivity index (χ3n) is 3.56. The van der Waals surface area contributed by atoms with Gasteiger partial charge < -0.3 is 0 Å². The molecular weight excluding hydrogens is 310 g/mol. The van der Waals surface area contributed by atoms with Crippen molar-refractivity contribution in [3.63, 3.8) is 0 Å². The summed E-state index contributed by atoms with van der Waals surface area (Å²) in [7, 11) is 1.39. The van der Waals surface area contributed by atoms with E-state index in [4.69, 9.17) is 0 Å². The van der Waals surface area contributed by atoms with Crippen molar-refractivity contribution in [2.45, 2.75) is 0 Å². The smallest absolute Gasteiger partial charge is 0.267 e. The number of nitrogens with zero attached hydrogens (tertiary/aromatic N) is 7. The van der Waals surface area contributed by atoms with Crippen molar-refractivity contribution in [2.24, 2.45) is 7.05 Å². The predicted molar refractivity (Wildman–Crippen MR) is 85.3 cm³/mol. The summed E-state index contributed by atoms with van der Waals surface area (Å²) in [5.74, 6) is 0.314. The van der Waals surface area contributed by atoms with Gasteiger partial charge in [-0.25, -0.2) is 14.5 Å². The summed E-state index contributed by atoms with van der Waals surface area (Å²) >= 11 is 0. The van der Waals surface area contributed by atoms with Gasteiger partial charge in [-0.3, -0.25) is 14.3 Å². The zero-order chi connectivity index (χ0) is 16.7. The van der Waals surface area contributed by atoms with Gasteiger partial charge in [0.15, 0.2) is 5.82 Å². The molecule has 118 valence electrons. The van der Waals surface area contributed by atoms with E-state index in [-0.39, 0.29) is 0 Å². The van der Waals surface area contributed by atoms with E-state index in [1.165, 1.54) is 7.05 Å². The Labute approximate surface area is 134 Å². The number of aromatic nitrogens is 7. The summed E-state index contributed by atoms with van der Waals surface area (Å²) in [5, 5.41) is 8.27. The van der Waals surface area contributed by atoms with Crippen LogP contribution < -0.4 is 11.2 Å². The largest absolute Gasteiger partial charge is 0.353 e. The summed E-state index contributed by atoms with van der Waals surface area (Å²) in [5.41, 5.74) is 1.03. The van der Waals surface area contributed by atoms with Crippen LogP contribution in [0.15, 0.2) is 58.6 Å². The molecule has 24 heavy (non-hydrogen) atoms. The molecule has 9 heteroatoms. The van der Waals surface area contributed by atoms with Crippen LogP contribution in [-0.2, 0) is 7.05 Å². The highest BCUT2D eigenvalue weighted by Gasteiger charge is 2.10. The first-order valence-electron chi connectivity index (χ1n) is 7.06. The van der Waals surface area contributed by atoms with Crippen LogP contribution in [0.2, 0.25) is 0 Å². The summed E-state index contributed by atoms with van der Waals surface area (Å²) < 4.78 is 3.70. The lowest BCUT2D eigenvalue weighted by atomic mass is 10.4. The molecule has 0 aliphatic carbocycles. The summed E-state index contributed by atoms with van der Waals surface area (Å²) in [6, 6.07) is 7.05. The van der Waals surface area contributed by atoms with Gasteiger partial charge in [0.25, 0.3) is 5.56 Å². The number of hydrogen-bond donors (Lipinski definition) is 0. The molecule has 0 aliphatic heterocycles. The molecule has 0 radical (unpaired) electrons. The van der Waals surface area contributed by atoms with E-state index >= 15 is 0 Å². The third-order valence-corrected chi connectivity index (χ3v) is 3.56. The van der Waals surface area contributed by atoms with E-state index in [2.05, 4.69) is 20.2 Å². The summed E-state index contributed by atoms with van der Waals surface area (Å²) in [4.78, 5) is 32.1. The fourth-order valence-electron chi connectivity index (χ4n) is 2.27.